The highest BCUT2D eigenvalue weighted by Crippen LogP contribution is 2.41. The molecule has 1 aliphatic carbocycles. The SMILES string of the molecule is CC(C)N1CCC2(COC2)C1.CCN1CCOC2(CC2)C1. The number of likely N-dealkylation sites (tertiary alicyclic amines) is 1. The Morgan fingerprint density at radius 2 is 1.81 bits per heavy atom. The van der Waals surface area contributed by atoms with Gasteiger partial charge in [-0.25, -0.2) is 0 Å². The van der Waals surface area contributed by atoms with Gasteiger partial charge in [0.15, 0.2) is 0 Å². The molecule has 0 atom stereocenters. The Hall–Kier alpha value is -0.160. The van der Waals surface area contributed by atoms with Crippen molar-refractivity contribution in [3.8, 4) is 0 Å². The number of ether oxygens (including phenoxy) is 2. The van der Waals surface area contributed by atoms with Crippen LogP contribution in [-0.2, 0) is 9.47 Å². The van der Waals surface area contributed by atoms with Crippen molar-refractivity contribution < 1.29 is 9.47 Å². The first kappa shape index (κ1) is 15.7. The van der Waals surface area contributed by atoms with E-state index in [9.17, 15) is 0 Å². The van der Waals surface area contributed by atoms with Gasteiger partial charge in [-0.2, -0.15) is 0 Å². The predicted molar refractivity (Wildman–Crippen MR) is 84.6 cm³/mol. The van der Waals surface area contributed by atoms with Gasteiger partial charge in [-0.15, -0.1) is 0 Å². The van der Waals surface area contributed by atoms with Gasteiger partial charge in [0.05, 0.1) is 25.4 Å². The summed E-state index contributed by atoms with van der Waals surface area (Å²) in [6.45, 7) is 15.8. The van der Waals surface area contributed by atoms with E-state index in [0.717, 1.165) is 32.4 Å². The molecule has 3 heterocycles. The number of nitrogens with zero attached hydrogens (tertiary/aromatic N) is 2. The Morgan fingerprint density at radius 3 is 2.24 bits per heavy atom. The summed E-state index contributed by atoms with van der Waals surface area (Å²) in [7, 11) is 0. The molecular weight excluding hydrogens is 264 g/mol. The predicted octanol–water partition coefficient (Wildman–Crippen LogP) is 1.99. The highest BCUT2D eigenvalue weighted by molar-refractivity contribution is 5.00. The first-order valence-electron chi connectivity index (χ1n) is 8.75. The second-order valence-corrected chi connectivity index (χ2v) is 7.71. The Labute approximate surface area is 129 Å². The normalized spacial score (nSPS) is 30.3. The molecule has 3 saturated heterocycles. The molecule has 4 rings (SSSR count). The third kappa shape index (κ3) is 3.61. The Balaban J connectivity index is 0.000000126. The minimum atomic E-state index is 0.328. The first-order valence-corrected chi connectivity index (χ1v) is 8.75. The standard InChI is InChI=1S/C9H17NO.C8H15NO/c1-8(2)10-4-3-9(5-10)6-11-7-9;1-2-9-5-6-10-8(7-9)3-4-8/h8H,3-7H2,1-2H3;2-7H2,1H3. The summed E-state index contributed by atoms with van der Waals surface area (Å²) in [4.78, 5) is 5.04. The fourth-order valence-electron chi connectivity index (χ4n) is 3.67. The molecule has 4 heteroatoms. The highest BCUT2D eigenvalue weighted by atomic mass is 16.5. The zero-order valence-electron chi connectivity index (χ0n) is 14.1. The van der Waals surface area contributed by atoms with Gasteiger partial charge in [0.1, 0.15) is 0 Å². The molecule has 0 unspecified atom stereocenters. The van der Waals surface area contributed by atoms with Crippen LogP contribution in [0.5, 0.6) is 0 Å². The monoisotopic (exact) mass is 296 g/mol. The molecule has 122 valence electrons. The third-order valence-electron chi connectivity index (χ3n) is 5.60. The van der Waals surface area contributed by atoms with E-state index >= 15 is 0 Å². The molecule has 21 heavy (non-hydrogen) atoms. The third-order valence-corrected chi connectivity index (χ3v) is 5.60. The molecule has 1 saturated carbocycles. The summed E-state index contributed by atoms with van der Waals surface area (Å²) in [6.07, 6.45) is 3.94. The maximum absolute atomic E-state index is 5.67. The van der Waals surface area contributed by atoms with Gasteiger partial charge < -0.3 is 14.4 Å². The molecule has 0 radical (unpaired) electrons. The number of morpholine rings is 1. The second kappa shape index (κ2) is 6.15. The lowest BCUT2D eigenvalue weighted by Crippen LogP contribution is -2.45. The van der Waals surface area contributed by atoms with Crippen molar-refractivity contribution in [2.45, 2.75) is 51.7 Å². The van der Waals surface area contributed by atoms with E-state index in [2.05, 4.69) is 30.6 Å². The van der Waals surface area contributed by atoms with Crippen LogP contribution in [0.2, 0.25) is 0 Å². The van der Waals surface area contributed by atoms with Crippen molar-refractivity contribution in [2.75, 3.05) is 52.5 Å². The van der Waals surface area contributed by atoms with Crippen molar-refractivity contribution in [3.63, 3.8) is 0 Å². The van der Waals surface area contributed by atoms with Gasteiger partial charge in [-0.3, -0.25) is 4.90 Å². The smallest absolute Gasteiger partial charge is 0.0811 e. The summed E-state index contributed by atoms with van der Waals surface area (Å²) in [5.41, 5.74) is 0.901. The Morgan fingerprint density at radius 1 is 1.05 bits per heavy atom. The molecule has 4 fully saturated rings. The maximum atomic E-state index is 5.67. The summed E-state index contributed by atoms with van der Waals surface area (Å²) in [5.74, 6) is 0. The van der Waals surface area contributed by atoms with Crippen molar-refractivity contribution in [2.24, 2.45) is 5.41 Å². The Kier molecular flexibility index (Phi) is 4.60. The molecule has 0 aromatic carbocycles. The molecule has 2 spiro atoms. The number of hydrogen-bond donors (Lipinski definition) is 0. The molecule has 4 aliphatic rings. The topological polar surface area (TPSA) is 24.9 Å². The molecule has 0 bridgehead atoms. The van der Waals surface area contributed by atoms with E-state index < -0.39 is 0 Å². The van der Waals surface area contributed by atoms with Crippen LogP contribution in [-0.4, -0.2) is 74.0 Å². The fourth-order valence-corrected chi connectivity index (χ4v) is 3.67. The molecule has 0 aromatic heterocycles. The lowest BCUT2D eigenvalue weighted by molar-refractivity contribution is -0.105. The first-order chi connectivity index (χ1) is 10.1. The fraction of sp³-hybridized carbons (Fsp3) is 1.00. The van der Waals surface area contributed by atoms with Crippen LogP contribution in [0.4, 0.5) is 0 Å². The minimum absolute atomic E-state index is 0.328. The van der Waals surface area contributed by atoms with Crippen LogP contribution in [0.3, 0.4) is 0 Å². The van der Waals surface area contributed by atoms with Crippen molar-refractivity contribution in [3.05, 3.63) is 0 Å². The van der Waals surface area contributed by atoms with Crippen LogP contribution in [0.25, 0.3) is 0 Å². The number of rotatable bonds is 2. The van der Waals surface area contributed by atoms with Gasteiger partial charge in [0.2, 0.25) is 0 Å². The molecule has 0 N–H and O–H groups in total. The van der Waals surface area contributed by atoms with E-state index in [1.165, 1.54) is 45.4 Å². The van der Waals surface area contributed by atoms with Crippen molar-refractivity contribution in [1.82, 2.24) is 9.80 Å². The van der Waals surface area contributed by atoms with Gasteiger partial charge in [-0.05, 0) is 46.2 Å². The molecule has 4 nitrogen and oxygen atoms in total. The maximum Gasteiger partial charge on any atom is 0.0811 e. The van der Waals surface area contributed by atoms with Crippen LogP contribution in [0.1, 0.15) is 40.0 Å². The van der Waals surface area contributed by atoms with E-state index in [-0.39, 0.29) is 0 Å². The largest absolute Gasteiger partial charge is 0.380 e. The average molecular weight is 296 g/mol. The molecule has 3 aliphatic heterocycles. The number of likely N-dealkylation sites (N-methyl/N-ethyl adjacent to an activating group) is 1. The second-order valence-electron chi connectivity index (χ2n) is 7.71. The minimum Gasteiger partial charge on any atom is -0.380 e. The van der Waals surface area contributed by atoms with Crippen LogP contribution < -0.4 is 0 Å². The van der Waals surface area contributed by atoms with Crippen LogP contribution in [0.15, 0.2) is 0 Å². The van der Waals surface area contributed by atoms with Crippen molar-refractivity contribution >= 4 is 0 Å². The lowest BCUT2D eigenvalue weighted by Gasteiger charge is -2.38. The van der Waals surface area contributed by atoms with Gasteiger partial charge in [0, 0.05) is 31.1 Å². The molecular formula is C17H32N2O2. The zero-order valence-corrected chi connectivity index (χ0v) is 14.1. The Bertz CT molecular complexity index is 351. The van der Waals surface area contributed by atoms with E-state index in [4.69, 9.17) is 9.47 Å². The summed E-state index contributed by atoms with van der Waals surface area (Å²) >= 11 is 0. The summed E-state index contributed by atoms with van der Waals surface area (Å²) in [6, 6.07) is 0.718. The van der Waals surface area contributed by atoms with Gasteiger partial charge in [-0.1, -0.05) is 6.92 Å². The highest BCUT2D eigenvalue weighted by Gasteiger charge is 2.47. The van der Waals surface area contributed by atoms with Crippen molar-refractivity contribution in [1.29, 1.82) is 0 Å². The zero-order chi connectivity index (χ0) is 14.9. The summed E-state index contributed by atoms with van der Waals surface area (Å²) < 4.78 is 10.9. The van der Waals surface area contributed by atoms with Gasteiger partial charge in [0.25, 0.3) is 0 Å². The molecule has 0 amide bonds. The average Bonchev–Trinajstić information content (AvgIpc) is 3.03. The number of hydrogen-bond acceptors (Lipinski definition) is 4. The summed E-state index contributed by atoms with van der Waals surface area (Å²) in [5, 5.41) is 0. The van der Waals surface area contributed by atoms with Crippen LogP contribution >= 0.6 is 0 Å². The quantitative estimate of drug-likeness (QED) is 0.778. The lowest BCUT2D eigenvalue weighted by atomic mass is 9.85. The van der Waals surface area contributed by atoms with E-state index in [1.54, 1.807) is 0 Å². The van der Waals surface area contributed by atoms with Crippen LogP contribution in [0, 0.1) is 5.41 Å². The van der Waals surface area contributed by atoms with E-state index in [1.807, 2.05) is 0 Å². The molecule has 0 aromatic rings. The van der Waals surface area contributed by atoms with Gasteiger partial charge >= 0.3 is 0 Å². The van der Waals surface area contributed by atoms with E-state index in [0.29, 0.717) is 11.0 Å².